The molecule has 1 heterocycles. The lowest BCUT2D eigenvalue weighted by atomic mass is 9.93. The molecule has 0 radical (unpaired) electrons. The van der Waals surface area contributed by atoms with Crippen LogP contribution < -0.4 is 5.32 Å². The van der Waals surface area contributed by atoms with Crippen molar-refractivity contribution in [2.24, 2.45) is 0 Å². The summed E-state index contributed by atoms with van der Waals surface area (Å²) >= 11 is 0. The molecule has 1 aliphatic heterocycles. The van der Waals surface area contributed by atoms with E-state index in [2.05, 4.69) is 25.2 Å². The van der Waals surface area contributed by atoms with Crippen LogP contribution in [0.15, 0.2) is 12.1 Å². The van der Waals surface area contributed by atoms with Crippen molar-refractivity contribution in [1.29, 1.82) is 0 Å². The van der Waals surface area contributed by atoms with E-state index >= 15 is 0 Å². The van der Waals surface area contributed by atoms with Gasteiger partial charge in [-0.15, -0.1) is 0 Å². The Hall–Kier alpha value is -1.06. The normalized spacial score (nSPS) is 20.8. The smallest absolute Gasteiger partial charge is 0.125 e. The topological polar surface area (TPSA) is 41.5 Å². The quantitative estimate of drug-likeness (QED) is 0.827. The van der Waals surface area contributed by atoms with Gasteiger partial charge in [-0.3, -0.25) is 0 Å². The second-order valence-electron chi connectivity index (χ2n) is 4.95. The molecule has 0 aliphatic carbocycles. The summed E-state index contributed by atoms with van der Waals surface area (Å²) in [5.41, 5.74) is 3.05. The van der Waals surface area contributed by atoms with Crippen LogP contribution in [0.2, 0.25) is 0 Å². The van der Waals surface area contributed by atoms with Crippen LogP contribution in [-0.4, -0.2) is 24.8 Å². The highest BCUT2D eigenvalue weighted by atomic mass is 16.5. The van der Waals surface area contributed by atoms with Crippen molar-refractivity contribution in [3.8, 4) is 5.75 Å². The Morgan fingerprint density at radius 2 is 2.18 bits per heavy atom. The Labute approximate surface area is 103 Å². The molecule has 1 fully saturated rings. The van der Waals surface area contributed by atoms with E-state index in [0.717, 1.165) is 29.8 Å². The second-order valence-corrected chi connectivity index (χ2v) is 4.95. The summed E-state index contributed by atoms with van der Waals surface area (Å²) in [4.78, 5) is 0. The number of hydrogen-bond acceptors (Lipinski definition) is 3. The molecule has 1 unspecified atom stereocenters. The lowest BCUT2D eigenvalue weighted by molar-refractivity contribution is 0.0258. The SMILES string of the molecule is Cc1ccc(C(C)C)c(O)c1C1CNCCO1. The van der Waals surface area contributed by atoms with Crippen LogP contribution in [0.1, 0.15) is 42.6 Å². The van der Waals surface area contributed by atoms with Crippen LogP contribution in [0.4, 0.5) is 0 Å². The summed E-state index contributed by atoms with van der Waals surface area (Å²) in [7, 11) is 0. The highest BCUT2D eigenvalue weighted by Crippen LogP contribution is 2.36. The van der Waals surface area contributed by atoms with Gasteiger partial charge in [-0.2, -0.15) is 0 Å². The molecular formula is C14H21NO2. The van der Waals surface area contributed by atoms with Gasteiger partial charge in [0.25, 0.3) is 0 Å². The van der Waals surface area contributed by atoms with E-state index < -0.39 is 0 Å². The van der Waals surface area contributed by atoms with Crippen LogP contribution in [0.25, 0.3) is 0 Å². The van der Waals surface area contributed by atoms with Gasteiger partial charge in [0, 0.05) is 18.7 Å². The molecule has 3 heteroatoms. The standard InChI is InChI=1S/C14H21NO2/c1-9(2)11-5-4-10(3)13(14(11)16)12-8-15-6-7-17-12/h4-5,9,12,15-16H,6-8H2,1-3H3. The van der Waals surface area contributed by atoms with Gasteiger partial charge in [0.2, 0.25) is 0 Å². The molecule has 1 saturated heterocycles. The Bertz CT molecular complexity index is 395. The Morgan fingerprint density at radius 3 is 2.76 bits per heavy atom. The highest BCUT2D eigenvalue weighted by Gasteiger charge is 2.23. The third-order valence-corrected chi connectivity index (χ3v) is 3.34. The molecule has 1 aromatic rings. The number of rotatable bonds is 2. The number of ether oxygens (including phenoxy) is 1. The number of phenolic OH excluding ortho intramolecular Hbond substituents is 1. The van der Waals surface area contributed by atoms with E-state index in [1.807, 2.05) is 13.0 Å². The van der Waals surface area contributed by atoms with Crippen molar-refractivity contribution in [2.45, 2.75) is 32.8 Å². The van der Waals surface area contributed by atoms with E-state index in [0.29, 0.717) is 18.3 Å². The van der Waals surface area contributed by atoms with Crippen molar-refractivity contribution in [1.82, 2.24) is 5.32 Å². The minimum atomic E-state index is -0.0255. The van der Waals surface area contributed by atoms with Crippen LogP contribution in [-0.2, 0) is 4.74 Å². The van der Waals surface area contributed by atoms with Gasteiger partial charge in [-0.05, 0) is 24.0 Å². The minimum Gasteiger partial charge on any atom is -0.507 e. The zero-order valence-corrected chi connectivity index (χ0v) is 10.8. The predicted molar refractivity (Wildman–Crippen MR) is 68.5 cm³/mol. The summed E-state index contributed by atoms with van der Waals surface area (Å²) in [6.07, 6.45) is -0.0255. The number of aryl methyl sites for hydroxylation is 1. The van der Waals surface area contributed by atoms with Gasteiger partial charge in [0.15, 0.2) is 0 Å². The summed E-state index contributed by atoms with van der Waals surface area (Å²) in [5.74, 6) is 0.736. The molecule has 1 aliphatic rings. The van der Waals surface area contributed by atoms with Gasteiger partial charge in [-0.1, -0.05) is 26.0 Å². The molecule has 0 spiro atoms. The minimum absolute atomic E-state index is 0.0255. The van der Waals surface area contributed by atoms with Gasteiger partial charge >= 0.3 is 0 Å². The average Bonchev–Trinajstić information content (AvgIpc) is 2.30. The molecule has 94 valence electrons. The maximum absolute atomic E-state index is 10.4. The molecule has 0 saturated carbocycles. The first kappa shape index (κ1) is 12.4. The van der Waals surface area contributed by atoms with Crippen LogP contribution in [0, 0.1) is 6.92 Å². The summed E-state index contributed by atoms with van der Waals surface area (Å²) in [6.45, 7) is 8.57. The van der Waals surface area contributed by atoms with Crippen molar-refractivity contribution >= 4 is 0 Å². The Morgan fingerprint density at radius 1 is 1.41 bits per heavy atom. The Balaban J connectivity index is 2.40. The number of phenols is 1. The fourth-order valence-electron chi connectivity index (χ4n) is 2.35. The third kappa shape index (κ3) is 2.45. The maximum Gasteiger partial charge on any atom is 0.125 e. The van der Waals surface area contributed by atoms with Crippen LogP contribution in [0.5, 0.6) is 5.75 Å². The molecule has 0 bridgehead atoms. The second kappa shape index (κ2) is 5.07. The average molecular weight is 235 g/mol. The number of hydrogen-bond donors (Lipinski definition) is 2. The number of nitrogens with one attached hydrogen (secondary N) is 1. The fraction of sp³-hybridized carbons (Fsp3) is 0.571. The van der Waals surface area contributed by atoms with E-state index in [1.54, 1.807) is 0 Å². The van der Waals surface area contributed by atoms with Gasteiger partial charge in [-0.25, -0.2) is 0 Å². The molecule has 2 N–H and O–H groups in total. The lowest BCUT2D eigenvalue weighted by Gasteiger charge is -2.27. The molecular weight excluding hydrogens is 214 g/mol. The predicted octanol–water partition coefficient (Wildman–Crippen LogP) is 2.48. The number of aromatic hydroxyl groups is 1. The molecule has 2 rings (SSSR count). The van der Waals surface area contributed by atoms with Crippen molar-refractivity contribution < 1.29 is 9.84 Å². The first-order valence-electron chi connectivity index (χ1n) is 6.26. The van der Waals surface area contributed by atoms with Crippen LogP contribution >= 0.6 is 0 Å². The fourth-order valence-corrected chi connectivity index (χ4v) is 2.35. The first-order chi connectivity index (χ1) is 8.11. The maximum atomic E-state index is 10.4. The first-order valence-corrected chi connectivity index (χ1v) is 6.26. The molecule has 0 aromatic heterocycles. The molecule has 1 aromatic carbocycles. The molecule has 17 heavy (non-hydrogen) atoms. The monoisotopic (exact) mass is 235 g/mol. The molecule has 3 nitrogen and oxygen atoms in total. The van der Waals surface area contributed by atoms with Gasteiger partial charge in [0.05, 0.1) is 12.7 Å². The zero-order chi connectivity index (χ0) is 12.4. The number of morpholine rings is 1. The van der Waals surface area contributed by atoms with Crippen molar-refractivity contribution in [3.63, 3.8) is 0 Å². The van der Waals surface area contributed by atoms with Gasteiger partial charge < -0.3 is 15.2 Å². The van der Waals surface area contributed by atoms with E-state index in [9.17, 15) is 5.11 Å². The molecule has 0 amide bonds. The summed E-state index contributed by atoms with van der Waals surface area (Å²) in [6, 6.07) is 4.08. The Kier molecular flexibility index (Phi) is 3.69. The largest absolute Gasteiger partial charge is 0.507 e. The van der Waals surface area contributed by atoms with Gasteiger partial charge in [0.1, 0.15) is 5.75 Å². The van der Waals surface area contributed by atoms with E-state index in [-0.39, 0.29) is 6.10 Å². The number of benzene rings is 1. The third-order valence-electron chi connectivity index (χ3n) is 3.34. The van der Waals surface area contributed by atoms with E-state index in [4.69, 9.17) is 4.74 Å². The lowest BCUT2D eigenvalue weighted by Crippen LogP contribution is -2.33. The summed E-state index contributed by atoms with van der Waals surface area (Å²) < 4.78 is 5.74. The highest BCUT2D eigenvalue weighted by molar-refractivity contribution is 5.48. The van der Waals surface area contributed by atoms with Crippen molar-refractivity contribution in [3.05, 3.63) is 28.8 Å². The zero-order valence-electron chi connectivity index (χ0n) is 10.8. The van der Waals surface area contributed by atoms with Crippen LogP contribution in [0.3, 0.4) is 0 Å². The van der Waals surface area contributed by atoms with E-state index in [1.165, 1.54) is 0 Å². The molecule has 1 atom stereocenters. The van der Waals surface area contributed by atoms with Crippen molar-refractivity contribution in [2.75, 3.05) is 19.7 Å². The summed E-state index contributed by atoms with van der Waals surface area (Å²) in [5, 5.41) is 13.7.